The van der Waals surface area contributed by atoms with Crippen molar-refractivity contribution in [2.24, 2.45) is 71.0 Å². The maximum atomic E-state index is 10.7. The van der Waals surface area contributed by atoms with E-state index in [1.165, 1.54) is 88.1 Å². The Morgan fingerprint density at radius 1 is 0.450 bits per heavy atom. The van der Waals surface area contributed by atoms with E-state index >= 15 is 0 Å². The molecule has 0 bridgehead atoms. The Hall–Kier alpha value is -0.170. The molecule has 1 N–H and O–H groups in total. The van der Waals surface area contributed by atoms with E-state index < -0.39 is 9.84 Å². The molecule has 8 saturated carbocycles. The van der Waals surface area contributed by atoms with E-state index in [1.54, 1.807) is 38.5 Å². The fraction of sp³-hybridized carbons (Fsp3) is 1.00. The number of sulfone groups is 1. The van der Waals surface area contributed by atoms with E-state index in [0.717, 1.165) is 61.9 Å². The summed E-state index contributed by atoms with van der Waals surface area (Å²) in [7, 11) is -2.55. The maximum Gasteiger partial charge on any atom is 0.150 e. The van der Waals surface area contributed by atoms with E-state index in [1.807, 2.05) is 0 Å². The van der Waals surface area contributed by atoms with Crippen molar-refractivity contribution in [1.29, 1.82) is 0 Å². The third kappa shape index (κ3) is 8.47. The first-order valence-corrected chi connectivity index (χ1v) is 19.4. The van der Waals surface area contributed by atoms with Crippen molar-refractivity contribution in [3.05, 3.63) is 0 Å². The Kier molecular flexibility index (Phi) is 8.89. The van der Waals surface area contributed by atoms with Crippen LogP contribution < -0.4 is 5.32 Å². The third-order valence-electron chi connectivity index (χ3n) is 12.3. The highest BCUT2D eigenvalue weighted by Crippen LogP contribution is 2.51. The van der Waals surface area contributed by atoms with Crippen molar-refractivity contribution in [2.45, 2.75) is 89.9 Å². The standard InChI is InChI=1S/C7H12.C6H10O.C6H10.C5H9N.C5H8O2S.C5H8O/c1-2-4-7-5-6(7)3-1;1-2-7-4-6-3-5(1)6;1-2-5-4-6(5)3-1;1-4-2-6-3-5(1)4;6-8(7)2-4-1-5(4)3-8;1-4-2-6-3-5(1)4/h6-7H,1-5H2;5-6H,1-4H2;5-6H,1-4H2;4-6H,1-3H2;4-5H,1-3H2;4-5H,1-3H2. The fourth-order valence-corrected chi connectivity index (χ4v) is 10.9. The number of hydrogen-bond donors (Lipinski definition) is 1. The lowest BCUT2D eigenvalue weighted by molar-refractivity contribution is 0.0889. The highest BCUT2D eigenvalue weighted by Gasteiger charge is 2.49. The van der Waals surface area contributed by atoms with Crippen molar-refractivity contribution in [2.75, 3.05) is 51.0 Å². The van der Waals surface area contributed by atoms with E-state index in [9.17, 15) is 8.42 Å². The molecule has 12 aliphatic rings. The summed E-state index contributed by atoms with van der Waals surface area (Å²) in [6.45, 7) is 6.83. The van der Waals surface area contributed by atoms with Crippen LogP contribution in [0.1, 0.15) is 89.9 Å². The summed E-state index contributed by atoms with van der Waals surface area (Å²) in [6, 6.07) is 0. The van der Waals surface area contributed by atoms with Gasteiger partial charge in [0, 0.05) is 26.4 Å². The summed E-state index contributed by atoms with van der Waals surface area (Å²) in [6.07, 6.45) is 21.0. The molecule has 5 nitrogen and oxygen atoms in total. The Bertz CT molecular complexity index is 826. The molecule has 4 aliphatic heterocycles. The van der Waals surface area contributed by atoms with Crippen LogP contribution in [-0.4, -0.2) is 59.4 Å². The number of ether oxygens (including phenoxy) is 2. The molecule has 12 unspecified atom stereocenters. The van der Waals surface area contributed by atoms with Crippen LogP contribution in [0.5, 0.6) is 0 Å². The van der Waals surface area contributed by atoms with Crippen LogP contribution in [-0.2, 0) is 19.3 Å². The molecule has 4 saturated heterocycles. The minimum Gasteiger partial charge on any atom is -0.381 e. The van der Waals surface area contributed by atoms with Crippen LogP contribution in [0, 0.1) is 71.0 Å². The molecule has 8 aliphatic carbocycles. The summed E-state index contributed by atoms with van der Waals surface area (Å²) < 4.78 is 31.7. The zero-order chi connectivity index (χ0) is 27.1. The molecule has 0 aromatic heterocycles. The molecule has 6 heteroatoms. The molecule has 12 rings (SSSR count). The molecular formula is C34H57NO4S. The second-order valence-corrected chi connectivity index (χ2v) is 18.0. The zero-order valence-electron chi connectivity index (χ0n) is 25.0. The topological polar surface area (TPSA) is 64.6 Å². The number of nitrogens with one attached hydrogen (secondary N) is 1. The Morgan fingerprint density at radius 2 is 0.875 bits per heavy atom. The molecule has 0 radical (unpaired) electrons. The van der Waals surface area contributed by atoms with Crippen molar-refractivity contribution in [3.63, 3.8) is 0 Å². The highest BCUT2D eigenvalue weighted by atomic mass is 32.2. The minimum absolute atomic E-state index is 0.484. The molecule has 4 heterocycles. The summed E-state index contributed by atoms with van der Waals surface area (Å²) in [4.78, 5) is 0. The molecule has 228 valence electrons. The fourth-order valence-electron chi connectivity index (χ4n) is 8.62. The average Bonchev–Trinajstić information content (AvgIpc) is 3.71. The van der Waals surface area contributed by atoms with Gasteiger partial charge in [-0.3, -0.25) is 0 Å². The van der Waals surface area contributed by atoms with Gasteiger partial charge in [0.25, 0.3) is 0 Å². The lowest BCUT2D eigenvalue weighted by atomic mass is 10.0. The summed E-state index contributed by atoms with van der Waals surface area (Å²) >= 11 is 0. The van der Waals surface area contributed by atoms with Gasteiger partial charge in [0.15, 0.2) is 9.84 Å². The van der Waals surface area contributed by atoms with Gasteiger partial charge in [0.2, 0.25) is 0 Å². The lowest BCUT2D eigenvalue weighted by Gasteiger charge is -2.07. The molecule has 12 atom stereocenters. The van der Waals surface area contributed by atoms with Crippen molar-refractivity contribution >= 4 is 9.84 Å². The molecule has 0 aromatic rings. The Labute approximate surface area is 244 Å². The second kappa shape index (κ2) is 12.4. The Morgan fingerprint density at radius 3 is 1.18 bits per heavy atom. The van der Waals surface area contributed by atoms with Gasteiger partial charge < -0.3 is 14.8 Å². The van der Waals surface area contributed by atoms with E-state index in [4.69, 9.17) is 9.47 Å². The SMILES string of the molecule is C1CC2CC2C1.C1CC2CC2CO1.C1CCC2CC2C1.C1NCC2CC12.C1OCC2CC12.O=S1(=O)CC2CC2C1. The molecule has 0 spiro atoms. The van der Waals surface area contributed by atoms with E-state index in [-0.39, 0.29) is 0 Å². The molecule has 0 aromatic carbocycles. The van der Waals surface area contributed by atoms with Gasteiger partial charge >= 0.3 is 0 Å². The smallest absolute Gasteiger partial charge is 0.150 e. The molecular weight excluding hydrogens is 518 g/mol. The van der Waals surface area contributed by atoms with Crippen LogP contribution in [0.4, 0.5) is 0 Å². The van der Waals surface area contributed by atoms with Crippen LogP contribution in [0.15, 0.2) is 0 Å². The predicted octanol–water partition coefficient (Wildman–Crippen LogP) is 5.98. The van der Waals surface area contributed by atoms with Gasteiger partial charge in [-0.05, 0) is 129 Å². The quantitative estimate of drug-likeness (QED) is 0.385. The lowest BCUT2D eigenvalue weighted by Crippen LogP contribution is -2.10. The molecule has 0 amide bonds. The van der Waals surface area contributed by atoms with Gasteiger partial charge in [-0.1, -0.05) is 44.9 Å². The van der Waals surface area contributed by atoms with Crippen molar-refractivity contribution in [1.82, 2.24) is 5.32 Å². The predicted molar refractivity (Wildman–Crippen MR) is 160 cm³/mol. The summed E-state index contributed by atoms with van der Waals surface area (Å²) in [5.74, 6) is 13.2. The summed E-state index contributed by atoms with van der Waals surface area (Å²) in [5.41, 5.74) is 0. The monoisotopic (exact) mass is 575 g/mol. The first kappa shape index (κ1) is 28.6. The number of rotatable bonds is 0. The van der Waals surface area contributed by atoms with Crippen molar-refractivity contribution in [3.8, 4) is 0 Å². The van der Waals surface area contributed by atoms with Crippen LogP contribution in [0.25, 0.3) is 0 Å². The molecule has 40 heavy (non-hydrogen) atoms. The maximum absolute atomic E-state index is 10.7. The minimum atomic E-state index is -2.55. The van der Waals surface area contributed by atoms with Gasteiger partial charge in [-0.2, -0.15) is 0 Å². The van der Waals surface area contributed by atoms with Gasteiger partial charge in [0.1, 0.15) is 0 Å². The van der Waals surface area contributed by atoms with Crippen LogP contribution in [0.3, 0.4) is 0 Å². The number of hydrogen-bond acceptors (Lipinski definition) is 5. The van der Waals surface area contributed by atoms with Gasteiger partial charge in [-0.15, -0.1) is 0 Å². The number of piperidine rings is 1. The van der Waals surface area contributed by atoms with E-state index in [0.29, 0.717) is 23.3 Å². The van der Waals surface area contributed by atoms with Gasteiger partial charge in [0.05, 0.1) is 11.5 Å². The first-order chi connectivity index (χ1) is 19.5. The van der Waals surface area contributed by atoms with Crippen LogP contribution >= 0.6 is 0 Å². The van der Waals surface area contributed by atoms with Crippen molar-refractivity contribution < 1.29 is 17.9 Å². The van der Waals surface area contributed by atoms with Gasteiger partial charge in [-0.25, -0.2) is 8.42 Å². The zero-order valence-corrected chi connectivity index (χ0v) is 25.8. The molecule has 12 fully saturated rings. The third-order valence-corrected chi connectivity index (χ3v) is 14.2. The van der Waals surface area contributed by atoms with E-state index in [2.05, 4.69) is 5.32 Å². The average molecular weight is 576 g/mol. The second-order valence-electron chi connectivity index (χ2n) is 15.9. The number of fused-ring (bicyclic) bond motifs is 6. The highest BCUT2D eigenvalue weighted by molar-refractivity contribution is 7.91. The normalized spacial score (nSPS) is 49.9. The van der Waals surface area contributed by atoms with Crippen LogP contribution in [0.2, 0.25) is 0 Å². The largest absolute Gasteiger partial charge is 0.381 e. The first-order valence-electron chi connectivity index (χ1n) is 17.6. The Balaban J connectivity index is 0.0000000796. The summed E-state index contributed by atoms with van der Waals surface area (Å²) in [5, 5.41) is 3.32.